The second-order valence-corrected chi connectivity index (χ2v) is 11.0. The molecule has 1 heteroatoms. The van der Waals surface area contributed by atoms with Crippen molar-refractivity contribution >= 4 is 0 Å². The molecule has 2 fully saturated rings. The Bertz CT molecular complexity index is 737. The first kappa shape index (κ1) is 20.7. The first-order chi connectivity index (χ1) is 13.8. The van der Waals surface area contributed by atoms with Crippen LogP contribution in [0.25, 0.3) is 0 Å². The van der Waals surface area contributed by atoms with Gasteiger partial charge in [-0.1, -0.05) is 60.7 Å². The van der Waals surface area contributed by atoms with E-state index in [2.05, 4.69) is 93.7 Å². The van der Waals surface area contributed by atoms with Crippen molar-refractivity contribution in [3.8, 4) is 0 Å². The van der Waals surface area contributed by atoms with Crippen LogP contribution in [0.4, 0.5) is 0 Å². The lowest BCUT2D eigenvalue weighted by atomic mass is 9.65. The average molecular weight is 390 g/mol. The Morgan fingerprint density at radius 3 is 1.72 bits per heavy atom. The molecule has 2 aliphatic carbocycles. The van der Waals surface area contributed by atoms with E-state index < -0.39 is 0 Å². The van der Waals surface area contributed by atoms with Gasteiger partial charge in [0.05, 0.1) is 0 Å². The lowest BCUT2D eigenvalue weighted by Crippen LogP contribution is -2.58. The van der Waals surface area contributed by atoms with Crippen molar-refractivity contribution in [3.05, 3.63) is 71.8 Å². The van der Waals surface area contributed by atoms with Gasteiger partial charge in [0, 0.05) is 17.0 Å². The molecule has 1 saturated carbocycles. The van der Waals surface area contributed by atoms with Crippen LogP contribution in [0.2, 0.25) is 0 Å². The lowest BCUT2D eigenvalue weighted by molar-refractivity contribution is 0.0754. The molecule has 0 atom stereocenters. The van der Waals surface area contributed by atoms with Gasteiger partial charge < -0.3 is 5.32 Å². The van der Waals surface area contributed by atoms with Gasteiger partial charge in [-0.05, 0) is 95.1 Å². The van der Waals surface area contributed by atoms with Crippen LogP contribution in [0, 0.1) is 11.8 Å². The van der Waals surface area contributed by atoms with Crippen molar-refractivity contribution in [2.45, 2.75) is 89.1 Å². The molecule has 1 aliphatic heterocycles. The fraction of sp³-hybridized carbons (Fsp3) is 0.571. The normalized spacial score (nSPS) is 29.7. The van der Waals surface area contributed by atoms with Gasteiger partial charge in [0.15, 0.2) is 0 Å². The molecule has 0 radical (unpaired) electrons. The van der Waals surface area contributed by atoms with Crippen molar-refractivity contribution < 1.29 is 0 Å². The van der Waals surface area contributed by atoms with Crippen LogP contribution < -0.4 is 5.32 Å². The molecule has 0 bridgehead atoms. The summed E-state index contributed by atoms with van der Waals surface area (Å²) in [7, 11) is 0. The number of allylic oxidation sites excluding steroid dienone is 6. The molecule has 1 heterocycles. The summed E-state index contributed by atoms with van der Waals surface area (Å²) < 4.78 is 0. The first-order valence-electron chi connectivity index (χ1n) is 11.7. The van der Waals surface area contributed by atoms with Gasteiger partial charge in [0.1, 0.15) is 0 Å². The zero-order chi connectivity index (χ0) is 20.5. The van der Waals surface area contributed by atoms with Crippen LogP contribution in [0.15, 0.2) is 60.7 Å². The van der Waals surface area contributed by atoms with E-state index in [9.17, 15) is 0 Å². The zero-order valence-electron chi connectivity index (χ0n) is 18.8. The minimum Gasteiger partial charge on any atom is -0.307 e. The summed E-state index contributed by atoms with van der Waals surface area (Å²) in [6.45, 7) is 9.57. The maximum Gasteiger partial charge on any atom is 0.0204 e. The quantitative estimate of drug-likeness (QED) is 0.572. The Kier molecular flexibility index (Phi) is 5.89. The fourth-order valence-corrected chi connectivity index (χ4v) is 6.43. The highest BCUT2D eigenvalue weighted by atomic mass is 15.0. The molecule has 1 nitrogen and oxygen atoms in total. The monoisotopic (exact) mass is 389 g/mol. The highest BCUT2D eigenvalue weighted by Crippen LogP contribution is 2.45. The third-order valence-corrected chi connectivity index (χ3v) is 7.42. The largest absolute Gasteiger partial charge is 0.307 e. The van der Waals surface area contributed by atoms with E-state index in [0.717, 1.165) is 17.8 Å². The van der Waals surface area contributed by atoms with Gasteiger partial charge in [-0.3, -0.25) is 0 Å². The van der Waals surface area contributed by atoms with Gasteiger partial charge in [-0.15, -0.1) is 0 Å². The average Bonchev–Trinajstić information content (AvgIpc) is 2.95. The summed E-state index contributed by atoms with van der Waals surface area (Å²) in [5.41, 5.74) is 3.50. The van der Waals surface area contributed by atoms with Crippen molar-refractivity contribution in [2.75, 3.05) is 0 Å². The van der Waals surface area contributed by atoms with E-state index in [1.807, 2.05) is 0 Å². The van der Waals surface area contributed by atoms with Gasteiger partial charge in [0.2, 0.25) is 0 Å². The van der Waals surface area contributed by atoms with E-state index in [0.29, 0.717) is 5.92 Å². The Labute approximate surface area is 178 Å². The molecular formula is C28H39N. The standard InChI is InChI=1S/C28H39N/c1-27(2)19-26(20-28(3,4)29-27)25-17-15-24(16-18-25)23-13-11-22(12-14-23)21-9-7-5-6-8-10-21/h5-14,21,24-26,29H,15-20H2,1-4H3. The van der Waals surface area contributed by atoms with Crippen LogP contribution >= 0.6 is 0 Å². The molecule has 1 N–H and O–H groups in total. The van der Waals surface area contributed by atoms with E-state index >= 15 is 0 Å². The summed E-state index contributed by atoms with van der Waals surface area (Å²) in [6, 6.07) is 9.50. The molecule has 1 aromatic rings. The van der Waals surface area contributed by atoms with Crippen molar-refractivity contribution in [1.29, 1.82) is 0 Å². The maximum absolute atomic E-state index is 3.86. The molecule has 0 spiro atoms. The molecule has 0 unspecified atom stereocenters. The Hall–Kier alpha value is -1.60. The minimum absolute atomic E-state index is 0.273. The molecule has 0 aromatic heterocycles. The number of hydrogen-bond donors (Lipinski definition) is 1. The second kappa shape index (κ2) is 8.26. The SMILES string of the molecule is CC1(C)CC(C2CCC(c3ccc(C4C=CC=CC=C4)cc3)CC2)CC(C)(C)N1. The van der Waals surface area contributed by atoms with Crippen LogP contribution in [-0.4, -0.2) is 11.1 Å². The maximum atomic E-state index is 3.86. The summed E-state index contributed by atoms with van der Waals surface area (Å²) in [5.74, 6) is 2.96. The number of rotatable bonds is 3. The van der Waals surface area contributed by atoms with Crippen LogP contribution in [0.3, 0.4) is 0 Å². The lowest BCUT2D eigenvalue weighted by Gasteiger charge is -2.49. The Balaban J connectivity index is 1.36. The molecule has 1 aromatic carbocycles. The van der Waals surface area contributed by atoms with E-state index in [1.165, 1.54) is 44.1 Å². The van der Waals surface area contributed by atoms with Crippen LogP contribution in [0.5, 0.6) is 0 Å². The van der Waals surface area contributed by atoms with Crippen molar-refractivity contribution in [3.63, 3.8) is 0 Å². The van der Waals surface area contributed by atoms with E-state index in [-0.39, 0.29) is 11.1 Å². The van der Waals surface area contributed by atoms with Gasteiger partial charge in [0.25, 0.3) is 0 Å². The Morgan fingerprint density at radius 1 is 0.655 bits per heavy atom. The number of nitrogens with one attached hydrogen (secondary N) is 1. The summed E-state index contributed by atoms with van der Waals surface area (Å²) in [5, 5.41) is 3.86. The zero-order valence-corrected chi connectivity index (χ0v) is 18.8. The van der Waals surface area contributed by atoms with Crippen LogP contribution in [0.1, 0.15) is 89.2 Å². The molecule has 0 amide bonds. The second-order valence-electron chi connectivity index (χ2n) is 11.0. The minimum atomic E-state index is 0.273. The molecule has 29 heavy (non-hydrogen) atoms. The first-order valence-corrected chi connectivity index (χ1v) is 11.7. The Morgan fingerprint density at radius 2 is 1.17 bits per heavy atom. The van der Waals surface area contributed by atoms with Gasteiger partial charge >= 0.3 is 0 Å². The number of piperidine rings is 1. The molecular weight excluding hydrogens is 350 g/mol. The predicted octanol–water partition coefficient (Wildman–Crippen LogP) is 7.28. The van der Waals surface area contributed by atoms with Crippen LogP contribution in [-0.2, 0) is 0 Å². The summed E-state index contributed by atoms with van der Waals surface area (Å²) in [6.07, 6.45) is 21.3. The fourth-order valence-electron chi connectivity index (χ4n) is 6.43. The number of hydrogen-bond acceptors (Lipinski definition) is 1. The highest BCUT2D eigenvalue weighted by Gasteiger charge is 2.41. The summed E-state index contributed by atoms with van der Waals surface area (Å²) in [4.78, 5) is 0. The smallest absolute Gasteiger partial charge is 0.0204 e. The molecule has 156 valence electrons. The summed E-state index contributed by atoms with van der Waals surface area (Å²) >= 11 is 0. The van der Waals surface area contributed by atoms with Gasteiger partial charge in [-0.25, -0.2) is 0 Å². The molecule has 4 rings (SSSR count). The van der Waals surface area contributed by atoms with Gasteiger partial charge in [-0.2, -0.15) is 0 Å². The number of benzene rings is 1. The van der Waals surface area contributed by atoms with E-state index in [4.69, 9.17) is 0 Å². The highest BCUT2D eigenvalue weighted by molar-refractivity contribution is 5.36. The molecule has 3 aliphatic rings. The third kappa shape index (κ3) is 5.12. The van der Waals surface area contributed by atoms with Crippen molar-refractivity contribution in [2.24, 2.45) is 11.8 Å². The third-order valence-electron chi connectivity index (χ3n) is 7.42. The predicted molar refractivity (Wildman–Crippen MR) is 125 cm³/mol. The van der Waals surface area contributed by atoms with E-state index in [1.54, 1.807) is 5.56 Å². The van der Waals surface area contributed by atoms with Crippen molar-refractivity contribution in [1.82, 2.24) is 5.32 Å². The topological polar surface area (TPSA) is 12.0 Å². The molecule has 1 saturated heterocycles.